The van der Waals surface area contributed by atoms with Crippen LogP contribution < -0.4 is 5.32 Å². The van der Waals surface area contributed by atoms with Gasteiger partial charge in [-0.3, -0.25) is 14.5 Å². The number of hydrogen-bond donors (Lipinski definition) is 1. The smallest absolute Gasteiger partial charge is 0.254 e. The van der Waals surface area contributed by atoms with Crippen molar-refractivity contribution in [2.24, 2.45) is 0 Å². The van der Waals surface area contributed by atoms with Crippen molar-refractivity contribution in [3.63, 3.8) is 0 Å². The van der Waals surface area contributed by atoms with E-state index in [0.29, 0.717) is 6.04 Å². The Bertz CT molecular complexity index is 675. The standard InChI is InChI=1S/C22H31N3O3/c26-19-16-28-21(20(23-19)17-8-3-1-4-9-17)22(27)25-13-7-12-24(14-15-25)18-10-5-2-6-11-18/h1,3-4,8-9,18,20-21H,2,5-7,10-16H2,(H,23,26)/t20-,21+/m1/s1. The minimum atomic E-state index is -0.652. The number of amides is 2. The summed E-state index contributed by atoms with van der Waals surface area (Å²) in [7, 11) is 0. The average molecular weight is 386 g/mol. The third kappa shape index (κ3) is 4.39. The Labute approximate surface area is 167 Å². The molecule has 2 saturated heterocycles. The van der Waals surface area contributed by atoms with Gasteiger partial charge in [0.2, 0.25) is 5.91 Å². The van der Waals surface area contributed by atoms with Gasteiger partial charge < -0.3 is 15.0 Å². The first-order valence-electron chi connectivity index (χ1n) is 10.7. The first-order chi connectivity index (χ1) is 13.7. The molecule has 1 aromatic carbocycles. The molecule has 0 aromatic heterocycles. The van der Waals surface area contributed by atoms with Gasteiger partial charge in [-0.25, -0.2) is 0 Å². The van der Waals surface area contributed by atoms with E-state index in [1.54, 1.807) is 0 Å². The fraction of sp³-hybridized carbons (Fsp3) is 0.636. The molecule has 1 N–H and O–H groups in total. The maximum atomic E-state index is 13.3. The van der Waals surface area contributed by atoms with Crippen molar-refractivity contribution in [2.75, 3.05) is 32.8 Å². The molecule has 1 aromatic rings. The highest BCUT2D eigenvalue weighted by molar-refractivity contribution is 5.86. The average Bonchev–Trinajstić information content (AvgIpc) is 3.01. The Hall–Kier alpha value is -1.92. The summed E-state index contributed by atoms with van der Waals surface area (Å²) < 4.78 is 5.74. The van der Waals surface area contributed by atoms with Gasteiger partial charge in [0.1, 0.15) is 6.61 Å². The predicted octanol–water partition coefficient (Wildman–Crippen LogP) is 2.11. The number of nitrogens with one attached hydrogen (secondary N) is 1. The van der Waals surface area contributed by atoms with Crippen LogP contribution in [0.1, 0.15) is 50.1 Å². The lowest BCUT2D eigenvalue weighted by atomic mass is 9.94. The van der Waals surface area contributed by atoms with Crippen LogP contribution in [0.4, 0.5) is 0 Å². The van der Waals surface area contributed by atoms with Crippen molar-refractivity contribution in [3.8, 4) is 0 Å². The molecule has 0 radical (unpaired) electrons. The maximum absolute atomic E-state index is 13.3. The van der Waals surface area contributed by atoms with E-state index in [4.69, 9.17) is 4.74 Å². The summed E-state index contributed by atoms with van der Waals surface area (Å²) in [6.07, 6.45) is 6.96. The minimum Gasteiger partial charge on any atom is -0.356 e. The fourth-order valence-corrected chi connectivity index (χ4v) is 4.83. The van der Waals surface area contributed by atoms with Crippen LogP contribution in [-0.4, -0.2) is 66.5 Å². The van der Waals surface area contributed by atoms with Gasteiger partial charge in [0.15, 0.2) is 6.10 Å². The van der Waals surface area contributed by atoms with Crippen molar-refractivity contribution in [3.05, 3.63) is 35.9 Å². The highest BCUT2D eigenvalue weighted by atomic mass is 16.5. The molecule has 0 bridgehead atoms. The van der Waals surface area contributed by atoms with Crippen LogP contribution in [0.3, 0.4) is 0 Å². The van der Waals surface area contributed by atoms with Gasteiger partial charge in [0.05, 0.1) is 6.04 Å². The highest BCUT2D eigenvalue weighted by Crippen LogP contribution is 2.26. The Morgan fingerprint density at radius 2 is 1.75 bits per heavy atom. The summed E-state index contributed by atoms with van der Waals surface area (Å²) in [5.41, 5.74) is 0.910. The Morgan fingerprint density at radius 3 is 2.54 bits per heavy atom. The van der Waals surface area contributed by atoms with Crippen LogP contribution in [0, 0.1) is 0 Å². The quantitative estimate of drug-likeness (QED) is 0.866. The molecule has 1 saturated carbocycles. The summed E-state index contributed by atoms with van der Waals surface area (Å²) in [4.78, 5) is 29.7. The first-order valence-corrected chi connectivity index (χ1v) is 10.7. The van der Waals surface area contributed by atoms with Crippen LogP contribution in [-0.2, 0) is 14.3 Å². The third-order valence-corrected chi connectivity index (χ3v) is 6.35. The van der Waals surface area contributed by atoms with Crippen molar-refractivity contribution in [1.82, 2.24) is 15.1 Å². The number of hydrogen-bond acceptors (Lipinski definition) is 4. The number of ether oxygens (including phenoxy) is 1. The van der Waals surface area contributed by atoms with Gasteiger partial charge in [0.25, 0.3) is 5.91 Å². The fourth-order valence-electron chi connectivity index (χ4n) is 4.83. The van der Waals surface area contributed by atoms with Crippen LogP contribution in [0.25, 0.3) is 0 Å². The SMILES string of the molecule is O=C1CO[C@H](C(=O)N2CCCN(C3CCCCC3)CC2)[C@@H](c2ccccc2)N1. The topological polar surface area (TPSA) is 61.9 Å². The van der Waals surface area contributed by atoms with E-state index in [2.05, 4.69) is 10.2 Å². The summed E-state index contributed by atoms with van der Waals surface area (Å²) in [5, 5.41) is 2.96. The van der Waals surface area contributed by atoms with Crippen molar-refractivity contribution in [2.45, 2.75) is 56.7 Å². The van der Waals surface area contributed by atoms with Crippen LogP contribution >= 0.6 is 0 Å². The molecule has 1 aliphatic carbocycles. The molecule has 28 heavy (non-hydrogen) atoms. The zero-order chi connectivity index (χ0) is 19.3. The summed E-state index contributed by atoms with van der Waals surface area (Å²) >= 11 is 0. The molecule has 2 heterocycles. The Morgan fingerprint density at radius 1 is 0.964 bits per heavy atom. The molecule has 0 unspecified atom stereocenters. The van der Waals surface area contributed by atoms with Gasteiger partial charge in [0, 0.05) is 32.2 Å². The second kappa shape index (κ2) is 9.05. The molecule has 6 nitrogen and oxygen atoms in total. The molecule has 4 rings (SSSR count). The molecular formula is C22H31N3O3. The molecule has 2 aliphatic heterocycles. The summed E-state index contributed by atoms with van der Waals surface area (Å²) in [5.74, 6) is -0.170. The zero-order valence-electron chi connectivity index (χ0n) is 16.5. The van der Waals surface area contributed by atoms with Gasteiger partial charge in [-0.1, -0.05) is 49.6 Å². The van der Waals surface area contributed by atoms with Crippen molar-refractivity contribution < 1.29 is 14.3 Å². The molecule has 3 aliphatic rings. The van der Waals surface area contributed by atoms with Gasteiger partial charge >= 0.3 is 0 Å². The van der Waals surface area contributed by atoms with Gasteiger partial charge in [-0.05, 0) is 24.8 Å². The molecular weight excluding hydrogens is 354 g/mol. The Kier molecular flexibility index (Phi) is 6.27. The number of carbonyl (C=O) groups is 2. The van der Waals surface area contributed by atoms with Crippen LogP contribution in [0.5, 0.6) is 0 Å². The van der Waals surface area contributed by atoms with E-state index >= 15 is 0 Å². The lowest BCUT2D eigenvalue weighted by molar-refractivity contribution is -0.155. The summed E-state index contributed by atoms with van der Waals surface area (Å²) in [6, 6.07) is 9.91. The molecule has 152 valence electrons. The first kappa shape index (κ1) is 19.4. The van der Waals surface area contributed by atoms with E-state index in [1.165, 1.54) is 32.1 Å². The highest BCUT2D eigenvalue weighted by Gasteiger charge is 2.39. The summed E-state index contributed by atoms with van der Waals surface area (Å²) in [6.45, 7) is 3.45. The molecule has 2 atom stereocenters. The van der Waals surface area contributed by atoms with Crippen LogP contribution in [0.15, 0.2) is 30.3 Å². The largest absolute Gasteiger partial charge is 0.356 e. The van der Waals surface area contributed by atoms with Gasteiger partial charge in [-0.15, -0.1) is 0 Å². The second-order valence-corrected chi connectivity index (χ2v) is 8.19. The molecule has 6 heteroatoms. The van der Waals surface area contributed by atoms with E-state index in [-0.39, 0.29) is 18.4 Å². The Balaban J connectivity index is 1.43. The van der Waals surface area contributed by atoms with E-state index in [1.807, 2.05) is 35.2 Å². The number of benzene rings is 1. The van der Waals surface area contributed by atoms with Crippen molar-refractivity contribution in [1.29, 1.82) is 0 Å². The lowest BCUT2D eigenvalue weighted by Crippen LogP contribution is -2.54. The van der Waals surface area contributed by atoms with Crippen molar-refractivity contribution >= 4 is 11.8 Å². The van der Waals surface area contributed by atoms with E-state index in [0.717, 1.165) is 38.2 Å². The maximum Gasteiger partial charge on any atom is 0.254 e. The van der Waals surface area contributed by atoms with E-state index < -0.39 is 12.1 Å². The second-order valence-electron chi connectivity index (χ2n) is 8.19. The van der Waals surface area contributed by atoms with E-state index in [9.17, 15) is 9.59 Å². The lowest BCUT2D eigenvalue weighted by Gasteiger charge is -2.35. The van der Waals surface area contributed by atoms with Gasteiger partial charge in [-0.2, -0.15) is 0 Å². The zero-order valence-corrected chi connectivity index (χ0v) is 16.5. The molecule has 2 amide bonds. The number of rotatable bonds is 3. The number of nitrogens with zero attached hydrogens (tertiary/aromatic N) is 2. The number of carbonyl (C=O) groups excluding carboxylic acids is 2. The molecule has 3 fully saturated rings. The monoisotopic (exact) mass is 385 g/mol. The number of morpholine rings is 1. The predicted molar refractivity (Wildman–Crippen MR) is 107 cm³/mol. The normalized spacial score (nSPS) is 27.9. The van der Waals surface area contributed by atoms with Crippen LogP contribution in [0.2, 0.25) is 0 Å². The minimum absolute atomic E-state index is 0.000604. The molecule has 0 spiro atoms. The third-order valence-electron chi connectivity index (χ3n) is 6.35.